The number of hydrogen-bond acceptors (Lipinski definition) is 4. The van der Waals surface area contributed by atoms with Crippen LogP contribution in [0.25, 0.3) is 0 Å². The smallest absolute Gasteiger partial charge is 0.222 e. The number of piperidine rings is 1. The highest BCUT2D eigenvalue weighted by Gasteiger charge is 2.15. The first-order valence-corrected chi connectivity index (χ1v) is 7.33. The number of nitrogens with zero attached hydrogens (tertiary/aromatic N) is 2. The predicted molar refractivity (Wildman–Crippen MR) is 79.4 cm³/mol. The van der Waals surface area contributed by atoms with Crippen molar-refractivity contribution in [1.82, 2.24) is 15.3 Å². The highest BCUT2D eigenvalue weighted by Crippen LogP contribution is 2.20. The molecule has 1 aromatic rings. The van der Waals surface area contributed by atoms with E-state index in [4.69, 9.17) is 0 Å². The van der Waals surface area contributed by atoms with Gasteiger partial charge < -0.3 is 10.6 Å². The zero-order chi connectivity index (χ0) is 13.7. The highest BCUT2D eigenvalue weighted by atomic mass is 15.1. The lowest BCUT2D eigenvalue weighted by Crippen LogP contribution is -2.30. The first-order chi connectivity index (χ1) is 9.05. The number of hydrogen-bond donors (Lipinski definition) is 2. The molecular formula is C15H26N4. The maximum atomic E-state index is 4.39. The van der Waals surface area contributed by atoms with Gasteiger partial charge in [0.05, 0.1) is 0 Å². The zero-order valence-electron chi connectivity index (χ0n) is 12.4. The van der Waals surface area contributed by atoms with Gasteiger partial charge in [-0.05, 0) is 49.2 Å². The number of aromatic nitrogens is 2. The fourth-order valence-electron chi connectivity index (χ4n) is 2.37. The van der Waals surface area contributed by atoms with Crippen LogP contribution in [0, 0.1) is 5.92 Å². The van der Waals surface area contributed by atoms with E-state index in [1.165, 1.54) is 31.4 Å². The molecule has 0 radical (unpaired) electrons. The predicted octanol–water partition coefficient (Wildman–Crippen LogP) is 2.58. The summed E-state index contributed by atoms with van der Waals surface area (Å²) in [6.45, 7) is 9.83. The van der Waals surface area contributed by atoms with Crippen LogP contribution < -0.4 is 10.6 Å². The minimum Gasteiger partial charge on any atom is -0.354 e. The van der Waals surface area contributed by atoms with Crippen molar-refractivity contribution >= 4 is 5.95 Å². The summed E-state index contributed by atoms with van der Waals surface area (Å²) in [5.41, 5.74) is 1.29. The van der Waals surface area contributed by atoms with E-state index in [0.29, 0.717) is 0 Å². The molecule has 0 bridgehead atoms. The number of rotatable bonds is 4. The fourth-order valence-corrected chi connectivity index (χ4v) is 2.37. The highest BCUT2D eigenvalue weighted by molar-refractivity contribution is 5.27. The Labute approximate surface area is 116 Å². The van der Waals surface area contributed by atoms with Gasteiger partial charge in [-0.15, -0.1) is 0 Å². The van der Waals surface area contributed by atoms with Crippen molar-refractivity contribution in [2.45, 2.75) is 45.4 Å². The summed E-state index contributed by atoms with van der Waals surface area (Å²) in [5.74, 6) is 1.55. The molecule has 4 nitrogen and oxygen atoms in total. The Hall–Kier alpha value is -1.16. The van der Waals surface area contributed by atoms with E-state index in [9.17, 15) is 0 Å². The third-order valence-electron chi connectivity index (χ3n) is 3.75. The van der Waals surface area contributed by atoms with E-state index in [2.05, 4.69) is 41.4 Å². The Balaban J connectivity index is 1.76. The van der Waals surface area contributed by atoms with Crippen LogP contribution in [-0.2, 0) is 5.41 Å². The third kappa shape index (κ3) is 4.46. The van der Waals surface area contributed by atoms with Crippen molar-refractivity contribution < 1.29 is 0 Å². The lowest BCUT2D eigenvalue weighted by molar-refractivity contribution is 0.364. The van der Waals surface area contributed by atoms with Crippen LogP contribution in [0.1, 0.15) is 45.6 Å². The molecule has 2 heterocycles. The summed E-state index contributed by atoms with van der Waals surface area (Å²) in [6, 6.07) is 0. The van der Waals surface area contributed by atoms with Gasteiger partial charge in [0, 0.05) is 18.9 Å². The molecule has 1 aromatic heterocycles. The topological polar surface area (TPSA) is 49.8 Å². The van der Waals surface area contributed by atoms with Crippen molar-refractivity contribution in [2.24, 2.45) is 5.92 Å². The Bertz CT molecular complexity index is 374. The largest absolute Gasteiger partial charge is 0.354 e. The Morgan fingerprint density at radius 1 is 1.32 bits per heavy atom. The summed E-state index contributed by atoms with van der Waals surface area (Å²) >= 11 is 0. The molecule has 4 heteroatoms. The molecule has 1 saturated heterocycles. The Morgan fingerprint density at radius 2 is 2.05 bits per heavy atom. The normalized spacial score (nSPS) is 20.3. The van der Waals surface area contributed by atoms with Gasteiger partial charge in [0.25, 0.3) is 0 Å². The summed E-state index contributed by atoms with van der Waals surface area (Å²) in [5, 5.41) is 6.77. The SMILES string of the molecule is CC(C)(C)c1cnc(NCCC2CCCNC2)nc1. The molecule has 0 amide bonds. The second kappa shape index (κ2) is 6.33. The minimum absolute atomic E-state index is 0.117. The standard InChI is InChI=1S/C15H26N4/c1-15(2,3)13-10-18-14(19-11-13)17-8-6-12-5-4-7-16-9-12/h10-12,16H,4-9H2,1-3H3,(H,17,18,19). The van der Waals surface area contributed by atoms with Crippen LogP contribution in [0.4, 0.5) is 5.95 Å². The average Bonchev–Trinajstić information content (AvgIpc) is 2.39. The molecule has 1 atom stereocenters. The van der Waals surface area contributed by atoms with Gasteiger partial charge in [-0.3, -0.25) is 0 Å². The van der Waals surface area contributed by atoms with Gasteiger partial charge in [0.15, 0.2) is 0 Å². The van der Waals surface area contributed by atoms with Crippen molar-refractivity contribution in [3.63, 3.8) is 0 Å². The van der Waals surface area contributed by atoms with E-state index in [0.717, 1.165) is 25.0 Å². The van der Waals surface area contributed by atoms with E-state index < -0.39 is 0 Å². The zero-order valence-corrected chi connectivity index (χ0v) is 12.4. The molecule has 2 N–H and O–H groups in total. The summed E-state index contributed by atoms with van der Waals surface area (Å²) in [7, 11) is 0. The van der Waals surface area contributed by atoms with Crippen LogP contribution in [0.15, 0.2) is 12.4 Å². The molecule has 1 fully saturated rings. The van der Waals surface area contributed by atoms with Crippen molar-refractivity contribution in [2.75, 3.05) is 25.0 Å². The van der Waals surface area contributed by atoms with Crippen LogP contribution in [0.2, 0.25) is 0 Å². The van der Waals surface area contributed by atoms with E-state index >= 15 is 0 Å². The molecule has 1 unspecified atom stereocenters. The van der Waals surface area contributed by atoms with Gasteiger partial charge >= 0.3 is 0 Å². The van der Waals surface area contributed by atoms with Crippen molar-refractivity contribution in [3.8, 4) is 0 Å². The molecule has 1 aliphatic rings. The Kier molecular flexibility index (Phi) is 4.75. The number of nitrogens with one attached hydrogen (secondary N) is 2. The molecule has 0 saturated carbocycles. The molecular weight excluding hydrogens is 236 g/mol. The Morgan fingerprint density at radius 3 is 2.63 bits per heavy atom. The summed E-state index contributed by atoms with van der Waals surface area (Å²) < 4.78 is 0. The average molecular weight is 262 g/mol. The van der Waals surface area contributed by atoms with Gasteiger partial charge in [-0.1, -0.05) is 20.8 Å². The second-order valence-electron chi connectivity index (χ2n) is 6.47. The monoisotopic (exact) mass is 262 g/mol. The maximum Gasteiger partial charge on any atom is 0.222 e. The van der Waals surface area contributed by atoms with Crippen LogP contribution in [-0.4, -0.2) is 29.6 Å². The van der Waals surface area contributed by atoms with Gasteiger partial charge in [-0.2, -0.15) is 0 Å². The van der Waals surface area contributed by atoms with Crippen molar-refractivity contribution in [1.29, 1.82) is 0 Å². The fraction of sp³-hybridized carbons (Fsp3) is 0.733. The van der Waals surface area contributed by atoms with Crippen LogP contribution in [0.5, 0.6) is 0 Å². The lowest BCUT2D eigenvalue weighted by atomic mass is 9.89. The summed E-state index contributed by atoms with van der Waals surface area (Å²) in [4.78, 5) is 8.78. The van der Waals surface area contributed by atoms with E-state index in [-0.39, 0.29) is 5.41 Å². The quantitative estimate of drug-likeness (QED) is 0.875. The van der Waals surface area contributed by atoms with Crippen LogP contribution in [0.3, 0.4) is 0 Å². The lowest BCUT2D eigenvalue weighted by Gasteiger charge is -2.22. The first-order valence-electron chi connectivity index (χ1n) is 7.33. The second-order valence-corrected chi connectivity index (χ2v) is 6.47. The third-order valence-corrected chi connectivity index (χ3v) is 3.75. The van der Waals surface area contributed by atoms with Crippen molar-refractivity contribution in [3.05, 3.63) is 18.0 Å². The maximum absolute atomic E-state index is 4.39. The first kappa shape index (κ1) is 14.3. The molecule has 106 valence electrons. The molecule has 2 rings (SSSR count). The van der Waals surface area contributed by atoms with Crippen LogP contribution >= 0.6 is 0 Å². The molecule has 0 aromatic carbocycles. The molecule has 1 aliphatic heterocycles. The van der Waals surface area contributed by atoms with Gasteiger partial charge in [-0.25, -0.2) is 9.97 Å². The molecule has 0 spiro atoms. The van der Waals surface area contributed by atoms with E-state index in [1.54, 1.807) is 0 Å². The minimum atomic E-state index is 0.117. The van der Waals surface area contributed by atoms with Gasteiger partial charge in [0.1, 0.15) is 0 Å². The number of anilines is 1. The summed E-state index contributed by atoms with van der Waals surface area (Å²) in [6.07, 6.45) is 7.70. The molecule has 0 aliphatic carbocycles. The molecule has 19 heavy (non-hydrogen) atoms. The van der Waals surface area contributed by atoms with Gasteiger partial charge in [0.2, 0.25) is 5.95 Å². The van der Waals surface area contributed by atoms with E-state index in [1.807, 2.05) is 12.4 Å².